The van der Waals surface area contributed by atoms with Crippen LogP contribution >= 0.6 is 22.9 Å². The second-order valence-corrected chi connectivity index (χ2v) is 10.2. The van der Waals surface area contributed by atoms with Crippen LogP contribution in [0.15, 0.2) is 89.8 Å². The number of hydrogen-bond acceptors (Lipinski definition) is 5. The number of rotatable bonds is 6. The van der Waals surface area contributed by atoms with Crippen LogP contribution in [0.25, 0.3) is 5.76 Å². The van der Waals surface area contributed by atoms with Crippen molar-refractivity contribution in [2.45, 2.75) is 26.5 Å². The van der Waals surface area contributed by atoms with Gasteiger partial charge in [-0.3, -0.25) is 14.5 Å². The third-order valence-corrected chi connectivity index (χ3v) is 7.78. The van der Waals surface area contributed by atoms with Crippen molar-refractivity contribution in [3.05, 3.63) is 122 Å². The van der Waals surface area contributed by atoms with Crippen molar-refractivity contribution in [3.8, 4) is 5.75 Å². The molecule has 0 bridgehead atoms. The number of halogens is 1. The van der Waals surface area contributed by atoms with E-state index < -0.39 is 17.7 Å². The Hall–Kier alpha value is -3.87. The molecule has 1 aromatic heterocycles. The number of anilines is 1. The number of carbonyl (C=O) groups is 2. The average molecular weight is 530 g/mol. The van der Waals surface area contributed by atoms with E-state index in [1.807, 2.05) is 54.8 Å². The van der Waals surface area contributed by atoms with Gasteiger partial charge in [-0.1, -0.05) is 54.1 Å². The minimum Gasteiger partial charge on any atom is -0.507 e. The highest BCUT2D eigenvalue weighted by atomic mass is 35.5. The molecule has 5 nitrogen and oxygen atoms in total. The zero-order valence-electron chi connectivity index (χ0n) is 20.3. The Kier molecular flexibility index (Phi) is 6.87. The van der Waals surface area contributed by atoms with Crippen LogP contribution in [-0.4, -0.2) is 16.8 Å². The van der Waals surface area contributed by atoms with Gasteiger partial charge in [-0.25, -0.2) is 0 Å². The fourth-order valence-corrected chi connectivity index (χ4v) is 5.50. The molecule has 37 heavy (non-hydrogen) atoms. The summed E-state index contributed by atoms with van der Waals surface area (Å²) in [5.74, 6) is -0.996. The summed E-state index contributed by atoms with van der Waals surface area (Å²) < 4.78 is 5.96. The van der Waals surface area contributed by atoms with Gasteiger partial charge in [0.05, 0.1) is 5.57 Å². The molecule has 4 aromatic rings. The molecule has 1 unspecified atom stereocenters. The minimum atomic E-state index is -0.772. The van der Waals surface area contributed by atoms with E-state index in [2.05, 4.69) is 0 Å². The molecule has 0 saturated carbocycles. The molecule has 0 radical (unpaired) electrons. The van der Waals surface area contributed by atoms with Crippen LogP contribution < -0.4 is 9.64 Å². The first-order chi connectivity index (χ1) is 17.9. The molecule has 5 rings (SSSR count). The number of ether oxygens (including phenoxy) is 1. The summed E-state index contributed by atoms with van der Waals surface area (Å²) in [5, 5.41) is 13.8. The maximum atomic E-state index is 13.4. The van der Waals surface area contributed by atoms with Crippen LogP contribution in [0.3, 0.4) is 0 Å². The van der Waals surface area contributed by atoms with Crippen LogP contribution in [0.1, 0.15) is 33.2 Å². The van der Waals surface area contributed by atoms with E-state index in [9.17, 15) is 14.7 Å². The van der Waals surface area contributed by atoms with Crippen molar-refractivity contribution < 1.29 is 19.4 Å². The van der Waals surface area contributed by atoms with Crippen molar-refractivity contribution in [3.63, 3.8) is 0 Å². The maximum Gasteiger partial charge on any atom is 0.300 e. The summed E-state index contributed by atoms with van der Waals surface area (Å²) in [6.45, 7) is 4.09. The Morgan fingerprint density at radius 1 is 1.00 bits per heavy atom. The summed E-state index contributed by atoms with van der Waals surface area (Å²) in [6.07, 6.45) is 0. The number of aliphatic hydroxyl groups excluding tert-OH is 1. The van der Waals surface area contributed by atoms with E-state index in [0.29, 0.717) is 34.2 Å². The highest BCUT2D eigenvalue weighted by Crippen LogP contribution is 2.45. The monoisotopic (exact) mass is 529 g/mol. The highest BCUT2D eigenvalue weighted by molar-refractivity contribution is 7.10. The van der Waals surface area contributed by atoms with Gasteiger partial charge >= 0.3 is 0 Å². The highest BCUT2D eigenvalue weighted by Gasteiger charge is 2.47. The first kappa shape index (κ1) is 24.8. The molecular weight excluding hydrogens is 506 g/mol. The van der Waals surface area contributed by atoms with Gasteiger partial charge in [0, 0.05) is 21.2 Å². The molecule has 2 heterocycles. The number of aryl methyl sites for hydroxylation is 1. The van der Waals surface area contributed by atoms with E-state index in [-0.39, 0.29) is 11.3 Å². The molecule has 1 atom stereocenters. The quantitative estimate of drug-likeness (QED) is 0.163. The van der Waals surface area contributed by atoms with E-state index in [1.165, 1.54) is 16.2 Å². The van der Waals surface area contributed by atoms with Crippen molar-refractivity contribution in [1.82, 2.24) is 0 Å². The van der Waals surface area contributed by atoms with Crippen LogP contribution in [0.5, 0.6) is 5.75 Å². The minimum absolute atomic E-state index is 0.0455. The zero-order valence-corrected chi connectivity index (χ0v) is 21.8. The van der Waals surface area contributed by atoms with Gasteiger partial charge in [-0.15, -0.1) is 11.3 Å². The first-order valence-corrected chi connectivity index (χ1v) is 13.0. The van der Waals surface area contributed by atoms with Gasteiger partial charge in [0.15, 0.2) is 0 Å². The third-order valence-electron chi connectivity index (χ3n) is 6.44. The number of Topliss-reactive ketones (excluding diaryl/α,β-unsaturated/α-hetero) is 1. The van der Waals surface area contributed by atoms with Crippen LogP contribution in [0.2, 0.25) is 5.02 Å². The van der Waals surface area contributed by atoms with E-state index in [4.69, 9.17) is 16.3 Å². The molecule has 7 heteroatoms. The molecule has 1 N–H and O–H groups in total. The van der Waals surface area contributed by atoms with Crippen LogP contribution in [0.4, 0.5) is 5.69 Å². The van der Waals surface area contributed by atoms with E-state index in [1.54, 1.807) is 43.3 Å². The van der Waals surface area contributed by atoms with Crippen LogP contribution in [0, 0.1) is 13.8 Å². The Labute approximate surface area is 224 Å². The summed E-state index contributed by atoms with van der Waals surface area (Å²) >= 11 is 7.76. The molecule has 1 amide bonds. The molecule has 1 aliphatic rings. The van der Waals surface area contributed by atoms with Gasteiger partial charge in [0.2, 0.25) is 0 Å². The molecular formula is C30H24ClNO4S. The molecule has 1 saturated heterocycles. The number of benzene rings is 3. The number of hydrogen-bond donors (Lipinski definition) is 1. The summed E-state index contributed by atoms with van der Waals surface area (Å²) in [5.41, 5.74) is 3.54. The topological polar surface area (TPSA) is 66.8 Å². The van der Waals surface area contributed by atoms with Gasteiger partial charge in [-0.2, -0.15) is 0 Å². The Morgan fingerprint density at radius 3 is 2.49 bits per heavy atom. The van der Waals surface area contributed by atoms with Gasteiger partial charge < -0.3 is 9.84 Å². The molecule has 0 spiro atoms. The van der Waals surface area contributed by atoms with Crippen molar-refractivity contribution in [2.75, 3.05) is 4.90 Å². The molecule has 186 valence electrons. The van der Waals surface area contributed by atoms with Crippen molar-refractivity contribution in [1.29, 1.82) is 0 Å². The van der Waals surface area contributed by atoms with Crippen LogP contribution in [-0.2, 0) is 16.2 Å². The van der Waals surface area contributed by atoms with Gasteiger partial charge in [-0.05, 0) is 72.3 Å². The van der Waals surface area contributed by atoms with Gasteiger partial charge in [0.25, 0.3) is 11.7 Å². The number of carbonyl (C=O) groups excluding carboxylic acids is 2. The molecule has 3 aromatic carbocycles. The first-order valence-electron chi connectivity index (χ1n) is 11.7. The SMILES string of the molecule is Cc1cc(/C(O)=C2/C(=O)C(=O)N(c3cccc(Cl)c3C)C2c2cccs2)ccc1OCc1ccccc1. The molecule has 0 aliphatic carbocycles. The lowest BCUT2D eigenvalue weighted by atomic mass is 9.98. The van der Waals surface area contributed by atoms with Gasteiger partial charge in [0.1, 0.15) is 24.2 Å². The normalized spacial score (nSPS) is 16.8. The lowest BCUT2D eigenvalue weighted by molar-refractivity contribution is -0.132. The Morgan fingerprint density at radius 2 is 1.78 bits per heavy atom. The summed E-state index contributed by atoms with van der Waals surface area (Å²) in [4.78, 5) is 28.9. The molecule has 1 fully saturated rings. The average Bonchev–Trinajstić information content (AvgIpc) is 3.52. The summed E-state index contributed by atoms with van der Waals surface area (Å²) in [6, 6.07) is 23.2. The maximum absolute atomic E-state index is 13.4. The lowest BCUT2D eigenvalue weighted by Crippen LogP contribution is -2.29. The second-order valence-electron chi connectivity index (χ2n) is 8.82. The fourth-order valence-electron chi connectivity index (χ4n) is 4.50. The Bertz CT molecular complexity index is 1510. The number of nitrogens with zero attached hydrogens (tertiary/aromatic N) is 1. The predicted molar refractivity (Wildman–Crippen MR) is 147 cm³/mol. The lowest BCUT2D eigenvalue weighted by Gasteiger charge is -2.26. The van der Waals surface area contributed by atoms with E-state index >= 15 is 0 Å². The zero-order chi connectivity index (χ0) is 26.1. The standard InChI is InChI=1S/C30H24ClNO4S/c1-18-16-21(13-14-24(18)36-17-20-8-4-3-5-9-20)28(33)26-27(25-12-7-15-37-25)32(30(35)29(26)34)23-11-6-10-22(31)19(23)2/h3-16,27,33H,17H2,1-2H3/b28-26-. The fraction of sp³-hybridized carbons (Fsp3) is 0.133. The van der Waals surface area contributed by atoms with Crippen molar-refractivity contribution in [2.24, 2.45) is 0 Å². The number of ketones is 1. The van der Waals surface area contributed by atoms with Crippen molar-refractivity contribution >= 4 is 46.1 Å². The predicted octanol–water partition coefficient (Wildman–Crippen LogP) is 7.22. The smallest absolute Gasteiger partial charge is 0.300 e. The third kappa shape index (κ3) is 4.66. The number of amides is 1. The number of thiophene rings is 1. The number of aliphatic hydroxyl groups is 1. The molecule has 1 aliphatic heterocycles. The summed E-state index contributed by atoms with van der Waals surface area (Å²) in [7, 11) is 0. The van der Waals surface area contributed by atoms with E-state index in [0.717, 1.165) is 16.0 Å². The largest absolute Gasteiger partial charge is 0.507 e. The second kappa shape index (κ2) is 10.2. The Balaban J connectivity index is 1.55.